The van der Waals surface area contributed by atoms with Crippen molar-refractivity contribution in [3.63, 3.8) is 0 Å². The molecule has 1 fully saturated rings. The van der Waals surface area contributed by atoms with Crippen LogP contribution in [0.15, 0.2) is 17.9 Å². The maximum atomic E-state index is 12.1. The molecule has 0 spiro atoms. The molecule has 1 aliphatic rings. The molecule has 0 unspecified atom stereocenters. The summed E-state index contributed by atoms with van der Waals surface area (Å²) in [7, 11) is 3.16. The van der Waals surface area contributed by atoms with Crippen molar-refractivity contribution in [1.82, 2.24) is 4.90 Å². The molecule has 0 aliphatic carbocycles. The first-order chi connectivity index (χ1) is 10.0. The Kier molecular flexibility index (Phi) is 4.47. The summed E-state index contributed by atoms with van der Waals surface area (Å²) in [5.41, 5.74) is 1.69. The standard InChI is InChI=1S/C15H17NO4S/c1-5-16-14(17)12(20-15(16)21)8-10-6-9(2)13(19-4)11(7-10)18-3/h6-8H,5H2,1-4H3/b12-8+. The van der Waals surface area contributed by atoms with E-state index in [1.54, 1.807) is 26.4 Å². The molecule has 6 heteroatoms. The van der Waals surface area contributed by atoms with E-state index in [1.165, 1.54) is 4.90 Å². The van der Waals surface area contributed by atoms with Gasteiger partial charge in [0.05, 0.1) is 14.2 Å². The third-order valence-electron chi connectivity index (χ3n) is 3.17. The SMILES string of the molecule is CCN1C(=O)/C(=C\c2cc(C)c(OC)c(OC)c2)OC1=S. The van der Waals surface area contributed by atoms with Crippen LogP contribution in [0.4, 0.5) is 0 Å². The van der Waals surface area contributed by atoms with Gasteiger partial charge in [0.2, 0.25) is 0 Å². The fourth-order valence-corrected chi connectivity index (χ4v) is 2.49. The fourth-order valence-electron chi connectivity index (χ4n) is 2.19. The molecule has 0 radical (unpaired) electrons. The Morgan fingerprint density at radius 1 is 1.33 bits per heavy atom. The van der Waals surface area contributed by atoms with Crippen LogP contribution in [0.3, 0.4) is 0 Å². The third-order valence-corrected chi connectivity index (χ3v) is 3.48. The third kappa shape index (κ3) is 2.85. The minimum Gasteiger partial charge on any atom is -0.493 e. The van der Waals surface area contributed by atoms with E-state index in [-0.39, 0.29) is 16.8 Å². The normalized spacial score (nSPS) is 16.4. The van der Waals surface area contributed by atoms with Crippen molar-refractivity contribution in [2.75, 3.05) is 20.8 Å². The van der Waals surface area contributed by atoms with Crippen LogP contribution in [0.25, 0.3) is 6.08 Å². The van der Waals surface area contributed by atoms with Crippen molar-refractivity contribution >= 4 is 29.4 Å². The lowest BCUT2D eigenvalue weighted by atomic mass is 10.1. The quantitative estimate of drug-likeness (QED) is 0.632. The number of carbonyl (C=O) groups excluding carboxylic acids is 1. The summed E-state index contributed by atoms with van der Waals surface area (Å²) in [6.45, 7) is 4.24. The fraction of sp³-hybridized carbons (Fsp3) is 0.333. The first-order valence-electron chi connectivity index (χ1n) is 6.49. The van der Waals surface area contributed by atoms with E-state index in [2.05, 4.69) is 0 Å². The highest BCUT2D eigenvalue weighted by molar-refractivity contribution is 7.80. The number of rotatable bonds is 4. The monoisotopic (exact) mass is 307 g/mol. The van der Waals surface area contributed by atoms with Gasteiger partial charge in [-0.05, 0) is 55.4 Å². The van der Waals surface area contributed by atoms with Crippen molar-refractivity contribution < 1.29 is 19.0 Å². The molecule has 1 saturated heterocycles. The minimum atomic E-state index is -0.227. The molecule has 21 heavy (non-hydrogen) atoms. The number of ether oxygens (including phenoxy) is 3. The van der Waals surface area contributed by atoms with E-state index < -0.39 is 0 Å². The Morgan fingerprint density at radius 2 is 2.05 bits per heavy atom. The number of aryl methyl sites for hydroxylation is 1. The maximum absolute atomic E-state index is 12.1. The number of nitrogens with zero attached hydrogens (tertiary/aromatic N) is 1. The van der Waals surface area contributed by atoms with Crippen molar-refractivity contribution in [1.29, 1.82) is 0 Å². The minimum absolute atomic E-state index is 0.186. The molecule has 0 atom stereocenters. The molecule has 1 amide bonds. The van der Waals surface area contributed by atoms with Gasteiger partial charge in [0.15, 0.2) is 17.3 Å². The summed E-state index contributed by atoms with van der Waals surface area (Å²) in [5.74, 6) is 1.26. The molecule has 1 aromatic rings. The zero-order valence-corrected chi connectivity index (χ0v) is 13.2. The van der Waals surface area contributed by atoms with Gasteiger partial charge in [-0.1, -0.05) is 0 Å². The van der Waals surface area contributed by atoms with Gasteiger partial charge >= 0.3 is 0 Å². The zero-order valence-electron chi connectivity index (χ0n) is 12.4. The van der Waals surface area contributed by atoms with Crippen LogP contribution in [0, 0.1) is 6.92 Å². The molecule has 0 N–H and O–H groups in total. The summed E-state index contributed by atoms with van der Waals surface area (Å²) < 4.78 is 15.9. The topological polar surface area (TPSA) is 48.0 Å². The predicted molar refractivity (Wildman–Crippen MR) is 83.3 cm³/mol. The van der Waals surface area contributed by atoms with Gasteiger partial charge in [0.1, 0.15) is 0 Å². The van der Waals surface area contributed by atoms with Gasteiger partial charge in [-0.15, -0.1) is 0 Å². The van der Waals surface area contributed by atoms with E-state index in [1.807, 2.05) is 19.9 Å². The molecule has 5 nitrogen and oxygen atoms in total. The van der Waals surface area contributed by atoms with Gasteiger partial charge < -0.3 is 14.2 Å². The zero-order chi connectivity index (χ0) is 15.6. The maximum Gasteiger partial charge on any atom is 0.297 e. The Balaban J connectivity index is 2.40. The van der Waals surface area contributed by atoms with Crippen LogP contribution in [-0.4, -0.2) is 36.7 Å². The van der Waals surface area contributed by atoms with Crippen LogP contribution in [0.2, 0.25) is 0 Å². The number of carbonyl (C=O) groups is 1. The molecular formula is C15H17NO4S. The lowest BCUT2D eigenvalue weighted by Gasteiger charge is -2.11. The van der Waals surface area contributed by atoms with Crippen molar-refractivity contribution in [3.05, 3.63) is 29.0 Å². The molecule has 0 bridgehead atoms. The number of likely N-dealkylation sites (N-methyl/N-ethyl adjacent to an activating group) is 1. The summed E-state index contributed by atoms with van der Waals surface area (Å²) >= 11 is 5.02. The number of methoxy groups -OCH3 is 2. The number of benzene rings is 1. The second-order valence-electron chi connectivity index (χ2n) is 4.50. The Hall–Kier alpha value is -2.08. The van der Waals surface area contributed by atoms with E-state index >= 15 is 0 Å². The predicted octanol–water partition coefficient (Wildman–Crippen LogP) is 2.52. The highest BCUT2D eigenvalue weighted by Crippen LogP contribution is 2.33. The second-order valence-corrected chi connectivity index (χ2v) is 4.85. The molecular weight excluding hydrogens is 290 g/mol. The van der Waals surface area contributed by atoms with Gasteiger partial charge in [-0.2, -0.15) is 0 Å². The molecule has 1 aromatic carbocycles. The Bertz CT molecular complexity index is 624. The number of amides is 1. The molecule has 1 aliphatic heterocycles. The van der Waals surface area contributed by atoms with Crippen molar-refractivity contribution in [2.24, 2.45) is 0 Å². The second kappa shape index (κ2) is 6.13. The average molecular weight is 307 g/mol. The lowest BCUT2D eigenvalue weighted by molar-refractivity contribution is -0.122. The van der Waals surface area contributed by atoms with E-state index in [9.17, 15) is 4.79 Å². The van der Waals surface area contributed by atoms with Crippen LogP contribution >= 0.6 is 12.2 Å². The Morgan fingerprint density at radius 3 is 2.57 bits per heavy atom. The highest BCUT2D eigenvalue weighted by Gasteiger charge is 2.32. The molecule has 0 saturated carbocycles. The van der Waals surface area contributed by atoms with E-state index in [4.69, 9.17) is 26.4 Å². The van der Waals surface area contributed by atoms with Crippen LogP contribution < -0.4 is 9.47 Å². The summed E-state index contributed by atoms with van der Waals surface area (Å²) in [5, 5.41) is 0.186. The molecule has 2 rings (SSSR count). The first-order valence-corrected chi connectivity index (χ1v) is 6.90. The summed E-state index contributed by atoms with van der Waals surface area (Å²) in [4.78, 5) is 13.5. The largest absolute Gasteiger partial charge is 0.493 e. The van der Waals surface area contributed by atoms with Crippen molar-refractivity contribution in [2.45, 2.75) is 13.8 Å². The van der Waals surface area contributed by atoms with Gasteiger partial charge in [0, 0.05) is 6.54 Å². The van der Waals surface area contributed by atoms with E-state index in [0.29, 0.717) is 18.0 Å². The Labute approximate surface area is 129 Å². The molecule has 1 heterocycles. The number of thiocarbonyl (C=S) groups is 1. The summed E-state index contributed by atoms with van der Waals surface area (Å²) in [6, 6.07) is 3.68. The highest BCUT2D eigenvalue weighted by atomic mass is 32.1. The van der Waals surface area contributed by atoms with Gasteiger partial charge in [-0.25, -0.2) is 0 Å². The molecule has 0 aromatic heterocycles. The van der Waals surface area contributed by atoms with Gasteiger partial charge in [-0.3, -0.25) is 9.69 Å². The first kappa shape index (κ1) is 15.3. The smallest absolute Gasteiger partial charge is 0.297 e. The van der Waals surface area contributed by atoms with Crippen LogP contribution in [0.5, 0.6) is 11.5 Å². The number of hydrogen-bond donors (Lipinski definition) is 0. The number of hydrogen-bond acceptors (Lipinski definition) is 5. The van der Waals surface area contributed by atoms with Gasteiger partial charge in [0.25, 0.3) is 11.1 Å². The van der Waals surface area contributed by atoms with E-state index in [0.717, 1.165) is 11.1 Å². The lowest BCUT2D eigenvalue weighted by Crippen LogP contribution is -2.27. The van der Waals surface area contributed by atoms with Crippen LogP contribution in [-0.2, 0) is 9.53 Å². The average Bonchev–Trinajstić information content (AvgIpc) is 2.72. The van der Waals surface area contributed by atoms with Crippen LogP contribution in [0.1, 0.15) is 18.1 Å². The van der Waals surface area contributed by atoms with Crippen molar-refractivity contribution in [3.8, 4) is 11.5 Å². The summed E-state index contributed by atoms with van der Waals surface area (Å²) in [6.07, 6.45) is 1.65. The molecule has 112 valence electrons.